The van der Waals surface area contributed by atoms with E-state index in [1.807, 2.05) is 16.7 Å². The second-order valence-electron chi connectivity index (χ2n) is 5.93. The van der Waals surface area contributed by atoms with Crippen LogP contribution in [0.4, 0.5) is 0 Å². The van der Waals surface area contributed by atoms with Gasteiger partial charge in [0.15, 0.2) is 0 Å². The van der Waals surface area contributed by atoms with E-state index in [9.17, 15) is 9.59 Å². The van der Waals surface area contributed by atoms with Gasteiger partial charge >= 0.3 is 0 Å². The third kappa shape index (κ3) is 3.72. The first-order valence-corrected chi connectivity index (χ1v) is 9.94. The fourth-order valence-electron chi connectivity index (χ4n) is 2.76. The minimum atomic E-state index is -0.128. The number of carbonyl (C=O) groups is 1. The third-order valence-electron chi connectivity index (χ3n) is 4.38. The van der Waals surface area contributed by atoms with Crippen LogP contribution in [0.15, 0.2) is 28.6 Å². The molecule has 2 aromatic rings. The zero-order valence-corrected chi connectivity index (χ0v) is 15.5. The molecule has 2 aromatic heterocycles. The number of amides is 1. The first-order chi connectivity index (χ1) is 11.6. The summed E-state index contributed by atoms with van der Waals surface area (Å²) in [4.78, 5) is 32.3. The van der Waals surface area contributed by atoms with E-state index < -0.39 is 0 Å². The molecule has 0 radical (unpaired) electrons. The van der Waals surface area contributed by atoms with Crippen LogP contribution in [0.25, 0.3) is 0 Å². The van der Waals surface area contributed by atoms with Gasteiger partial charge in [0.05, 0.1) is 6.33 Å². The lowest BCUT2D eigenvalue weighted by Gasteiger charge is -2.20. The van der Waals surface area contributed by atoms with Crippen LogP contribution in [0, 0.1) is 13.8 Å². The van der Waals surface area contributed by atoms with E-state index in [0.29, 0.717) is 16.5 Å². The highest BCUT2D eigenvalue weighted by atomic mass is 32.2. The predicted molar refractivity (Wildman–Crippen MR) is 98.7 cm³/mol. The molecule has 1 saturated heterocycles. The van der Waals surface area contributed by atoms with Gasteiger partial charge in [-0.2, -0.15) is 11.8 Å². The van der Waals surface area contributed by atoms with Crippen LogP contribution in [0.2, 0.25) is 0 Å². The topological polar surface area (TPSA) is 55.2 Å². The van der Waals surface area contributed by atoms with Crippen molar-refractivity contribution >= 4 is 29.0 Å². The number of hydrogen-bond acceptors (Lipinski definition) is 5. The van der Waals surface area contributed by atoms with Crippen LogP contribution in [-0.2, 0) is 11.3 Å². The molecule has 0 N–H and O–H groups in total. The maximum atomic E-state index is 12.6. The quantitative estimate of drug-likeness (QED) is 0.841. The van der Waals surface area contributed by atoms with E-state index in [1.54, 1.807) is 25.2 Å². The Balaban J connectivity index is 1.66. The van der Waals surface area contributed by atoms with Crippen LogP contribution in [0.1, 0.15) is 27.8 Å². The minimum Gasteiger partial charge on any atom is -0.340 e. The number of thiophene rings is 1. The molecule has 1 aliphatic rings. The predicted octanol–water partition coefficient (Wildman–Crippen LogP) is 2.63. The molecule has 0 aliphatic carbocycles. The van der Waals surface area contributed by atoms with Gasteiger partial charge in [-0.25, -0.2) is 4.98 Å². The summed E-state index contributed by atoms with van der Waals surface area (Å²) in [6.45, 7) is 5.10. The summed E-state index contributed by atoms with van der Waals surface area (Å²) in [5.74, 6) is 0.920. The Labute approximate surface area is 149 Å². The summed E-state index contributed by atoms with van der Waals surface area (Å²) in [5.41, 5.74) is 1.19. The first-order valence-electron chi connectivity index (χ1n) is 8.01. The standard InChI is InChI=1S/C17H21N3O2S2/c1-12-13(2)18-11-20(17(12)22)10-16(21)19-6-5-15(24-9-7-19)14-4-3-8-23-14/h3-4,8,11,15H,5-7,9-10H2,1-2H3. The van der Waals surface area contributed by atoms with Crippen molar-refractivity contribution in [3.63, 3.8) is 0 Å². The average Bonchev–Trinajstić information content (AvgIpc) is 3.00. The van der Waals surface area contributed by atoms with E-state index >= 15 is 0 Å². The Morgan fingerprint density at radius 1 is 1.38 bits per heavy atom. The Morgan fingerprint density at radius 3 is 2.96 bits per heavy atom. The number of rotatable bonds is 3. The van der Waals surface area contributed by atoms with E-state index in [4.69, 9.17) is 0 Å². The third-order valence-corrected chi connectivity index (χ3v) is 6.82. The molecule has 1 amide bonds. The van der Waals surface area contributed by atoms with E-state index in [1.165, 1.54) is 15.8 Å². The number of hydrogen-bond donors (Lipinski definition) is 0. The van der Waals surface area contributed by atoms with Crippen molar-refractivity contribution in [3.8, 4) is 0 Å². The van der Waals surface area contributed by atoms with Gasteiger partial charge in [0.1, 0.15) is 6.54 Å². The fraction of sp³-hybridized carbons (Fsp3) is 0.471. The number of nitrogens with zero attached hydrogens (tertiary/aromatic N) is 3. The molecule has 0 saturated carbocycles. The van der Waals surface area contributed by atoms with Gasteiger partial charge in [0.25, 0.3) is 5.56 Å². The second-order valence-corrected chi connectivity index (χ2v) is 8.22. The molecule has 1 unspecified atom stereocenters. The zero-order chi connectivity index (χ0) is 17.1. The Morgan fingerprint density at radius 2 is 2.21 bits per heavy atom. The van der Waals surface area contributed by atoms with Crippen LogP contribution in [-0.4, -0.2) is 39.2 Å². The average molecular weight is 364 g/mol. The van der Waals surface area contributed by atoms with Gasteiger partial charge in [0.2, 0.25) is 5.91 Å². The van der Waals surface area contributed by atoms with Crippen molar-refractivity contribution in [2.24, 2.45) is 0 Å². The van der Waals surface area contributed by atoms with Crippen molar-refractivity contribution in [1.29, 1.82) is 0 Å². The SMILES string of the molecule is Cc1ncn(CC(=O)N2CCSC(c3cccs3)CC2)c(=O)c1C. The second kappa shape index (κ2) is 7.53. The lowest BCUT2D eigenvalue weighted by molar-refractivity contribution is -0.131. The van der Waals surface area contributed by atoms with E-state index in [2.05, 4.69) is 22.5 Å². The Bertz CT molecular complexity index is 771. The molecule has 0 spiro atoms. The molecule has 1 fully saturated rings. The van der Waals surface area contributed by atoms with Gasteiger partial charge in [-0.15, -0.1) is 11.3 Å². The Kier molecular flexibility index (Phi) is 5.40. The molecule has 5 nitrogen and oxygen atoms in total. The van der Waals surface area contributed by atoms with Crippen molar-refractivity contribution in [2.45, 2.75) is 32.1 Å². The molecule has 3 heterocycles. The zero-order valence-electron chi connectivity index (χ0n) is 13.9. The van der Waals surface area contributed by atoms with Crippen LogP contribution >= 0.6 is 23.1 Å². The number of carbonyl (C=O) groups excluding carboxylic acids is 1. The van der Waals surface area contributed by atoms with Crippen molar-refractivity contribution in [2.75, 3.05) is 18.8 Å². The maximum absolute atomic E-state index is 12.6. The molecule has 24 heavy (non-hydrogen) atoms. The summed E-state index contributed by atoms with van der Waals surface area (Å²) >= 11 is 3.69. The highest BCUT2D eigenvalue weighted by Gasteiger charge is 2.23. The molecule has 0 bridgehead atoms. The van der Waals surface area contributed by atoms with E-state index in [0.717, 1.165) is 25.3 Å². The number of thioether (sulfide) groups is 1. The maximum Gasteiger partial charge on any atom is 0.256 e. The van der Waals surface area contributed by atoms with Gasteiger partial charge in [-0.3, -0.25) is 14.2 Å². The van der Waals surface area contributed by atoms with Crippen molar-refractivity contribution in [3.05, 3.63) is 50.3 Å². The first kappa shape index (κ1) is 17.2. The highest BCUT2D eigenvalue weighted by Crippen LogP contribution is 2.36. The summed E-state index contributed by atoms with van der Waals surface area (Å²) < 4.78 is 1.42. The molecule has 3 rings (SSSR count). The van der Waals surface area contributed by atoms with Crippen LogP contribution in [0.3, 0.4) is 0 Å². The van der Waals surface area contributed by atoms with Gasteiger partial charge in [-0.05, 0) is 31.7 Å². The molecule has 7 heteroatoms. The minimum absolute atomic E-state index is 0.00502. The lowest BCUT2D eigenvalue weighted by atomic mass is 10.2. The van der Waals surface area contributed by atoms with E-state index in [-0.39, 0.29) is 18.0 Å². The van der Waals surface area contributed by atoms with Gasteiger partial charge < -0.3 is 4.90 Å². The molecular formula is C17H21N3O2S2. The van der Waals surface area contributed by atoms with Crippen molar-refractivity contribution < 1.29 is 4.79 Å². The summed E-state index contributed by atoms with van der Waals surface area (Å²) in [7, 11) is 0. The summed E-state index contributed by atoms with van der Waals surface area (Å²) in [6.07, 6.45) is 2.43. The smallest absolute Gasteiger partial charge is 0.256 e. The normalized spacial score (nSPS) is 18.4. The van der Waals surface area contributed by atoms with Crippen molar-refractivity contribution in [1.82, 2.24) is 14.5 Å². The summed E-state index contributed by atoms with van der Waals surface area (Å²) in [5, 5.41) is 2.57. The molecular weight excluding hydrogens is 342 g/mol. The Hall–Kier alpha value is -1.60. The molecule has 1 aliphatic heterocycles. The molecule has 0 aromatic carbocycles. The number of aryl methyl sites for hydroxylation is 1. The highest BCUT2D eigenvalue weighted by molar-refractivity contribution is 7.99. The monoisotopic (exact) mass is 363 g/mol. The molecule has 1 atom stereocenters. The van der Waals surface area contributed by atoms with Crippen LogP contribution in [0.5, 0.6) is 0 Å². The van der Waals surface area contributed by atoms with Gasteiger partial charge in [-0.1, -0.05) is 6.07 Å². The largest absolute Gasteiger partial charge is 0.340 e. The van der Waals surface area contributed by atoms with Crippen LogP contribution < -0.4 is 5.56 Å². The molecule has 128 valence electrons. The summed E-state index contributed by atoms with van der Waals surface area (Å²) in [6, 6.07) is 4.24. The fourth-order valence-corrected chi connectivity index (χ4v) is 4.99. The number of aromatic nitrogens is 2. The lowest BCUT2D eigenvalue weighted by Crippen LogP contribution is -2.38. The van der Waals surface area contributed by atoms with Gasteiger partial charge in [0, 0.05) is 40.2 Å².